The van der Waals surface area contributed by atoms with Crippen LogP contribution < -0.4 is 10.2 Å². The van der Waals surface area contributed by atoms with E-state index >= 15 is 0 Å². The van der Waals surface area contributed by atoms with E-state index in [-0.39, 0.29) is 16.4 Å². The van der Waals surface area contributed by atoms with Crippen molar-refractivity contribution >= 4 is 27.6 Å². The second kappa shape index (κ2) is 10.8. The molecular weight excluding hydrogens is 406 g/mol. The molecule has 2 rings (SSSR count). The van der Waals surface area contributed by atoms with Gasteiger partial charge in [-0.1, -0.05) is 13.8 Å². The lowest BCUT2D eigenvalue weighted by Gasteiger charge is -2.30. The maximum atomic E-state index is 12.8. The number of amides is 1. The first kappa shape index (κ1) is 24.1. The van der Waals surface area contributed by atoms with Gasteiger partial charge in [0.1, 0.15) is 0 Å². The Hall–Kier alpha value is -2.13. The summed E-state index contributed by atoms with van der Waals surface area (Å²) in [4.78, 5) is 26.8. The first-order valence-electron chi connectivity index (χ1n) is 10.4. The maximum absolute atomic E-state index is 12.8. The van der Waals surface area contributed by atoms with Gasteiger partial charge in [-0.25, -0.2) is 17.5 Å². The van der Waals surface area contributed by atoms with Gasteiger partial charge in [-0.2, -0.15) is 0 Å². The molecule has 9 heteroatoms. The number of hydrogen-bond acceptors (Lipinski definition) is 6. The van der Waals surface area contributed by atoms with Gasteiger partial charge in [-0.3, -0.25) is 4.79 Å². The number of sulfonamides is 1. The van der Waals surface area contributed by atoms with Gasteiger partial charge in [0.05, 0.1) is 16.1 Å². The quantitative estimate of drug-likeness (QED) is 0.593. The number of carbonyl (C=O) groups excluding carboxylic acids is 2. The van der Waals surface area contributed by atoms with Crippen molar-refractivity contribution in [1.29, 1.82) is 0 Å². The second-order valence-electron chi connectivity index (χ2n) is 8.12. The van der Waals surface area contributed by atoms with E-state index in [0.717, 1.165) is 43.1 Å². The van der Waals surface area contributed by atoms with Crippen LogP contribution in [0, 0.1) is 5.92 Å². The Morgan fingerprint density at radius 1 is 1.17 bits per heavy atom. The Balaban J connectivity index is 2.21. The maximum Gasteiger partial charge on any atom is 0.340 e. The van der Waals surface area contributed by atoms with E-state index in [1.54, 1.807) is 6.07 Å². The fourth-order valence-corrected chi connectivity index (χ4v) is 4.15. The zero-order valence-corrected chi connectivity index (χ0v) is 19.1. The topological polar surface area (TPSA) is 96.0 Å². The summed E-state index contributed by atoms with van der Waals surface area (Å²) in [6.07, 6.45) is 3.97. The van der Waals surface area contributed by atoms with Crippen molar-refractivity contribution in [3.05, 3.63) is 23.8 Å². The highest BCUT2D eigenvalue weighted by Gasteiger charge is 2.25. The molecule has 1 fully saturated rings. The summed E-state index contributed by atoms with van der Waals surface area (Å²) in [5, 5.41) is 2.72. The molecule has 1 amide bonds. The van der Waals surface area contributed by atoms with Crippen LogP contribution in [0.15, 0.2) is 23.1 Å². The summed E-state index contributed by atoms with van der Waals surface area (Å²) >= 11 is 0. The van der Waals surface area contributed by atoms with E-state index < -0.39 is 22.6 Å². The number of nitrogens with zero attached hydrogens (tertiary/aromatic N) is 2. The molecule has 0 bridgehead atoms. The Labute approximate surface area is 179 Å². The Morgan fingerprint density at radius 2 is 1.83 bits per heavy atom. The molecule has 0 spiro atoms. The van der Waals surface area contributed by atoms with Crippen molar-refractivity contribution in [2.45, 2.75) is 44.4 Å². The normalized spacial score (nSPS) is 14.8. The number of hydrogen-bond donors (Lipinski definition) is 1. The van der Waals surface area contributed by atoms with Crippen molar-refractivity contribution in [2.24, 2.45) is 5.92 Å². The zero-order chi connectivity index (χ0) is 22.3. The van der Waals surface area contributed by atoms with E-state index in [4.69, 9.17) is 4.74 Å². The van der Waals surface area contributed by atoms with E-state index in [0.29, 0.717) is 18.2 Å². The second-order valence-corrected chi connectivity index (χ2v) is 10.3. The van der Waals surface area contributed by atoms with Crippen molar-refractivity contribution < 1.29 is 22.7 Å². The van der Waals surface area contributed by atoms with Gasteiger partial charge in [-0.15, -0.1) is 0 Å². The Kier molecular flexibility index (Phi) is 8.66. The van der Waals surface area contributed by atoms with Crippen LogP contribution in [0.4, 0.5) is 5.69 Å². The van der Waals surface area contributed by atoms with E-state index in [2.05, 4.69) is 24.1 Å². The molecule has 1 aliphatic rings. The number of esters is 1. The summed E-state index contributed by atoms with van der Waals surface area (Å²) in [6.45, 7) is 5.81. The summed E-state index contributed by atoms with van der Waals surface area (Å²) in [7, 11) is -0.828. The van der Waals surface area contributed by atoms with E-state index in [1.165, 1.54) is 26.2 Å². The molecule has 8 nitrogen and oxygen atoms in total. The SMILES string of the molecule is CC(C)CCNC(=O)COC(=O)c1cc(S(=O)(=O)N(C)C)ccc1N1CCCCC1. The number of rotatable bonds is 9. The van der Waals surface area contributed by atoms with Gasteiger partial charge >= 0.3 is 5.97 Å². The van der Waals surface area contributed by atoms with Gasteiger partial charge in [-0.05, 0) is 49.8 Å². The summed E-state index contributed by atoms with van der Waals surface area (Å²) in [5.41, 5.74) is 0.799. The fourth-order valence-electron chi connectivity index (χ4n) is 3.22. The van der Waals surface area contributed by atoms with Gasteiger partial charge in [0, 0.05) is 33.7 Å². The predicted octanol–water partition coefficient (Wildman–Crippen LogP) is 2.25. The van der Waals surface area contributed by atoms with E-state index in [9.17, 15) is 18.0 Å². The molecule has 168 valence electrons. The molecule has 1 N–H and O–H groups in total. The molecule has 0 atom stereocenters. The largest absolute Gasteiger partial charge is 0.452 e. The van der Waals surface area contributed by atoms with Crippen LogP contribution in [-0.4, -0.2) is 64.9 Å². The molecule has 0 aliphatic carbocycles. The number of anilines is 1. The summed E-state index contributed by atoms with van der Waals surface area (Å²) in [6, 6.07) is 4.51. The van der Waals surface area contributed by atoms with Crippen molar-refractivity contribution in [2.75, 3.05) is 45.2 Å². The Bertz CT molecular complexity index is 846. The Morgan fingerprint density at radius 3 is 2.43 bits per heavy atom. The molecule has 1 saturated heterocycles. The molecule has 1 heterocycles. The lowest BCUT2D eigenvalue weighted by Crippen LogP contribution is -2.32. The number of benzene rings is 1. The highest BCUT2D eigenvalue weighted by molar-refractivity contribution is 7.89. The zero-order valence-electron chi connectivity index (χ0n) is 18.3. The van der Waals surface area contributed by atoms with Crippen LogP contribution in [0.5, 0.6) is 0 Å². The molecular formula is C21H33N3O5S. The highest BCUT2D eigenvalue weighted by Crippen LogP contribution is 2.28. The van der Waals surface area contributed by atoms with Gasteiger partial charge < -0.3 is 15.0 Å². The first-order chi connectivity index (χ1) is 14.1. The molecule has 0 unspecified atom stereocenters. The summed E-state index contributed by atoms with van der Waals surface area (Å²) < 4.78 is 31.4. The minimum absolute atomic E-state index is 0.0154. The number of ether oxygens (including phenoxy) is 1. The average molecular weight is 440 g/mol. The van der Waals surface area contributed by atoms with Gasteiger partial charge in [0.15, 0.2) is 6.61 Å². The smallest absolute Gasteiger partial charge is 0.340 e. The standard InChI is InChI=1S/C21H33N3O5S/c1-16(2)10-11-22-20(25)15-29-21(26)18-14-17(30(27,28)23(3)4)8-9-19(18)24-12-6-5-7-13-24/h8-9,14,16H,5-7,10-13,15H2,1-4H3,(H,22,25). The number of nitrogens with one attached hydrogen (secondary N) is 1. The third kappa shape index (κ3) is 6.43. The predicted molar refractivity (Wildman–Crippen MR) is 116 cm³/mol. The van der Waals surface area contributed by atoms with Gasteiger partial charge in [0.2, 0.25) is 10.0 Å². The van der Waals surface area contributed by atoms with Crippen LogP contribution in [-0.2, 0) is 19.6 Å². The number of carbonyl (C=O) groups is 2. The average Bonchev–Trinajstić information content (AvgIpc) is 2.71. The third-order valence-electron chi connectivity index (χ3n) is 5.04. The molecule has 0 radical (unpaired) electrons. The summed E-state index contributed by atoms with van der Waals surface area (Å²) in [5.74, 6) is -0.618. The van der Waals surface area contributed by atoms with Crippen LogP contribution in [0.1, 0.15) is 49.9 Å². The van der Waals surface area contributed by atoms with Crippen LogP contribution >= 0.6 is 0 Å². The van der Waals surface area contributed by atoms with Crippen molar-refractivity contribution in [1.82, 2.24) is 9.62 Å². The molecule has 1 aliphatic heterocycles. The van der Waals surface area contributed by atoms with Crippen LogP contribution in [0.3, 0.4) is 0 Å². The molecule has 1 aromatic carbocycles. The third-order valence-corrected chi connectivity index (χ3v) is 6.85. The molecule has 0 aromatic heterocycles. The minimum Gasteiger partial charge on any atom is -0.452 e. The molecule has 0 saturated carbocycles. The molecule has 30 heavy (non-hydrogen) atoms. The van der Waals surface area contributed by atoms with E-state index in [1.807, 2.05) is 0 Å². The van der Waals surface area contributed by atoms with Crippen molar-refractivity contribution in [3.8, 4) is 0 Å². The van der Waals surface area contributed by atoms with Gasteiger partial charge in [0.25, 0.3) is 5.91 Å². The lowest BCUT2D eigenvalue weighted by atomic mass is 10.1. The highest BCUT2D eigenvalue weighted by atomic mass is 32.2. The fraction of sp³-hybridized carbons (Fsp3) is 0.619. The van der Waals surface area contributed by atoms with Crippen molar-refractivity contribution in [3.63, 3.8) is 0 Å². The lowest BCUT2D eigenvalue weighted by molar-refractivity contribution is -0.124. The van der Waals surface area contributed by atoms with Crippen LogP contribution in [0.25, 0.3) is 0 Å². The van der Waals surface area contributed by atoms with Crippen LogP contribution in [0.2, 0.25) is 0 Å². The molecule has 1 aromatic rings. The minimum atomic E-state index is -3.70. The first-order valence-corrected chi connectivity index (χ1v) is 11.8. The monoisotopic (exact) mass is 439 g/mol. The number of piperidine rings is 1.